The first-order valence-electron chi connectivity index (χ1n) is 8.12. The summed E-state index contributed by atoms with van der Waals surface area (Å²) in [7, 11) is 0. The van der Waals surface area contributed by atoms with E-state index in [4.69, 9.17) is 5.10 Å². The number of hydrogen-bond acceptors (Lipinski definition) is 3. The Morgan fingerprint density at radius 3 is 2.77 bits per heavy atom. The molecule has 5 heterocycles. The summed E-state index contributed by atoms with van der Waals surface area (Å²) in [5, 5.41) is 8.16. The van der Waals surface area contributed by atoms with E-state index in [1.54, 1.807) is 11.3 Å². The zero-order valence-corrected chi connectivity index (χ0v) is 13.3. The summed E-state index contributed by atoms with van der Waals surface area (Å²) < 4.78 is 2.31. The Bertz CT molecular complexity index is 797. The fourth-order valence-electron chi connectivity index (χ4n) is 4.11. The predicted molar refractivity (Wildman–Crippen MR) is 91.2 cm³/mol. The topological polar surface area (TPSA) is 21.1 Å². The molecule has 22 heavy (non-hydrogen) atoms. The van der Waals surface area contributed by atoms with Crippen LogP contribution in [0.5, 0.6) is 0 Å². The zero-order valence-electron chi connectivity index (χ0n) is 12.5. The molecule has 0 spiro atoms. The third kappa shape index (κ3) is 1.94. The van der Waals surface area contributed by atoms with Crippen molar-refractivity contribution in [3.05, 3.63) is 41.9 Å². The highest BCUT2D eigenvalue weighted by Gasteiger charge is 2.36. The highest BCUT2D eigenvalue weighted by Crippen LogP contribution is 2.37. The zero-order chi connectivity index (χ0) is 14.5. The van der Waals surface area contributed by atoms with Crippen molar-refractivity contribution < 1.29 is 0 Å². The average Bonchev–Trinajstić information content (AvgIpc) is 3.25. The summed E-state index contributed by atoms with van der Waals surface area (Å²) in [6, 6.07) is 11.6. The summed E-state index contributed by atoms with van der Waals surface area (Å²) in [5.74, 6) is 0.804. The molecular formula is C18H19N3S. The molecule has 1 aromatic carbocycles. The number of nitrogens with zero attached hydrogens (tertiary/aromatic N) is 3. The smallest absolute Gasteiger partial charge is 0.0692 e. The molecule has 2 bridgehead atoms. The Morgan fingerprint density at radius 1 is 1.14 bits per heavy atom. The van der Waals surface area contributed by atoms with Crippen LogP contribution in [0, 0.1) is 5.92 Å². The van der Waals surface area contributed by atoms with Gasteiger partial charge in [0.05, 0.1) is 17.8 Å². The van der Waals surface area contributed by atoms with Crippen molar-refractivity contribution >= 4 is 22.2 Å². The number of benzene rings is 1. The summed E-state index contributed by atoms with van der Waals surface area (Å²) in [6.07, 6.45) is 4.69. The molecule has 0 saturated carbocycles. The van der Waals surface area contributed by atoms with E-state index in [2.05, 4.69) is 45.3 Å². The lowest BCUT2D eigenvalue weighted by molar-refractivity contribution is 0.0534. The molecule has 0 radical (unpaired) electrons. The minimum Gasteiger partial charge on any atom is -0.301 e. The Labute approximate surface area is 134 Å². The molecule has 0 N–H and O–H groups in total. The maximum absolute atomic E-state index is 4.75. The van der Waals surface area contributed by atoms with Gasteiger partial charge in [-0.15, -0.1) is 11.3 Å². The molecule has 3 aromatic rings. The molecule has 1 atom stereocenters. The summed E-state index contributed by atoms with van der Waals surface area (Å²) in [4.78, 5) is 3.94. The monoisotopic (exact) mass is 309 g/mol. The number of fused-ring (bicyclic) bond motifs is 4. The van der Waals surface area contributed by atoms with Crippen LogP contribution in [-0.2, 0) is 0 Å². The van der Waals surface area contributed by atoms with Gasteiger partial charge in [-0.05, 0) is 54.9 Å². The van der Waals surface area contributed by atoms with Crippen molar-refractivity contribution in [3.63, 3.8) is 0 Å². The molecular weight excluding hydrogens is 290 g/mol. The molecule has 3 aliphatic heterocycles. The van der Waals surface area contributed by atoms with Crippen molar-refractivity contribution in [2.45, 2.75) is 18.9 Å². The van der Waals surface area contributed by atoms with Gasteiger partial charge in [-0.1, -0.05) is 18.2 Å². The molecule has 2 aromatic heterocycles. The molecule has 3 nitrogen and oxygen atoms in total. The molecule has 3 saturated heterocycles. The van der Waals surface area contributed by atoms with E-state index in [1.165, 1.54) is 53.8 Å². The van der Waals surface area contributed by atoms with Gasteiger partial charge in [0.25, 0.3) is 0 Å². The Morgan fingerprint density at radius 2 is 2.05 bits per heavy atom. The van der Waals surface area contributed by atoms with Crippen LogP contribution in [0.3, 0.4) is 0 Å². The van der Waals surface area contributed by atoms with Gasteiger partial charge in [0.2, 0.25) is 0 Å². The second-order valence-corrected chi connectivity index (χ2v) is 7.49. The maximum Gasteiger partial charge on any atom is 0.0692 e. The molecule has 112 valence electrons. The number of piperidine rings is 3. The lowest BCUT2D eigenvalue weighted by atomic mass is 9.84. The van der Waals surface area contributed by atoms with Gasteiger partial charge in [-0.3, -0.25) is 4.68 Å². The van der Waals surface area contributed by atoms with Gasteiger partial charge in [0, 0.05) is 16.8 Å². The number of thiophene rings is 1. The molecule has 0 unspecified atom stereocenters. The van der Waals surface area contributed by atoms with Crippen LogP contribution in [0.25, 0.3) is 21.3 Å². The second-order valence-electron chi connectivity index (χ2n) is 6.55. The fourth-order valence-corrected chi connectivity index (χ4v) is 4.83. The molecule has 3 fully saturated rings. The van der Waals surface area contributed by atoms with E-state index in [0.717, 1.165) is 5.92 Å². The molecule has 0 aliphatic carbocycles. The minimum absolute atomic E-state index is 0.554. The van der Waals surface area contributed by atoms with E-state index < -0.39 is 0 Å². The van der Waals surface area contributed by atoms with E-state index in [-0.39, 0.29) is 0 Å². The summed E-state index contributed by atoms with van der Waals surface area (Å²) >= 11 is 1.80. The molecule has 0 amide bonds. The van der Waals surface area contributed by atoms with E-state index >= 15 is 0 Å². The van der Waals surface area contributed by atoms with Crippen molar-refractivity contribution in [2.75, 3.05) is 19.6 Å². The van der Waals surface area contributed by atoms with Crippen LogP contribution in [0.4, 0.5) is 0 Å². The largest absolute Gasteiger partial charge is 0.301 e. The van der Waals surface area contributed by atoms with E-state index in [0.29, 0.717) is 6.04 Å². The van der Waals surface area contributed by atoms with Gasteiger partial charge in [-0.2, -0.15) is 5.10 Å². The Balaban J connectivity index is 1.60. The van der Waals surface area contributed by atoms with E-state index in [1.807, 2.05) is 6.20 Å². The van der Waals surface area contributed by atoms with Crippen molar-refractivity contribution in [2.24, 2.45) is 5.92 Å². The lowest BCUT2D eigenvalue weighted by Crippen LogP contribution is -2.48. The number of hydrogen-bond donors (Lipinski definition) is 0. The van der Waals surface area contributed by atoms with Crippen molar-refractivity contribution in [1.82, 2.24) is 14.7 Å². The van der Waals surface area contributed by atoms with Crippen LogP contribution in [-0.4, -0.2) is 34.3 Å². The Hall–Kier alpha value is -1.65. The van der Waals surface area contributed by atoms with Gasteiger partial charge in [0.1, 0.15) is 0 Å². The number of aromatic nitrogens is 2. The predicted octanol–water partition coefficient (Wildman–Crippen LogP) is 4.03. The first-order chi connectivity index (χ1) is 10.9. The first-order valence-corrected chi connectivity index (χ1v) is 9.00. The quantitative estimate of drug-likeness (QED) is 0.712. The lowest BCUT2D eigenvalue weighted by Gasteiger charge is -2.44. The van der Waals surface area contributed by atoms with Gasteiger partial charge in [0.15, 0.2) is 0 Å². The van der Waals surface area contributed by atoms with Crippen LogP contribution < -0.4 is 0 Å². The fraction of sp³-hybridized carbons (Fsp3) is 0.389. The normalized spacial score (nSPS) is 27.5. The average molecular weight is 309 g/mol. The SMILES string of the molecule is c1csc(-c2ccc3cnn([C@H]4CN5CCC4CC5)c3c2)c1. The summed E-state index contributed by atoms with van der Waals surface area (Å²) in [6.45, 7) is 3.73. The van der Waals surface area contributed by atoms with Crippen molar-refractivity contribution in [1.29, 1.82) is 0 Å². The van der Waals surface area contributed by atoms with Crippen LogP contribution in [0.2, 0.25) is 0 Å². The van der Waals surface area contributed by atoms with Gasteiger partial charge in [-0.25, -0.2) is 0 Å². The van der Waals surface area contributed by atoms with E-state index in [9.17, 15) is 0 Å². The second kappa shape index (κ2) is 4.93. The highest BCUT2D eigenvalue weighted by molar-refractivity contribution is 7.13. The standard InChI is InChI=1S/C18H19N3S/c1-2-18(22-9-1)14-3-4-15-11-19-21(16(15)10-14)17-12-20-7-5-13(17)6-8-20/h1-4,9-11,13,17H,5-8,12H2/t17-/m0/s1. The van der Waals surface area contributed by atoms with Crippen LogP contribution in [0.15, 0.2) is 41.9 Å². The third-order valence-corrected chi connectivity index (χ3v) is 6.26. The molecule has 4 heteroatoms. The molecule has 6 rings (SSSR count). The van der Waals surface area contributed by atoms with Gasteiger partial charge >= 0.3 is 0 Å². The van der Waals surface area contributed by atoms with Crippen LogP contribution in [0.1, 0.15) is 18.9 Å². The third-order valence-electron chi connectivity index (χ3n) is 5.34. The maximum atomic E-state index is 4.75. The van der Waals surface area contributed by atoms with Gasteiger partial charge < -0.3 is 4.90 Å². The summed E-state index contributed by atoms with van der Waals surface area (Å²) in [5.41, 5.74) is 2.61. The number of rotatable bonds is 2. The highest BCUT2D eigenvalue weighted by atomic mass is 32.1. The molecule has 3 aliphatic rings. The Kier molecular flexibility index (Phi) is 2.88. The van der Waals surface area contributed by atoms with Crippen molar-refractivity contribution in [3.8, 4) is 10.4 Å². The van der Waals surface area contributed by atoms with Crippen LogP contribution >= 0.6 is 11.3 Å². The minimum atomic E-state index is 0.554. The first kappa shape index (κ1) is 12.9.